The molecule has 0 aromatic heterocycles. The van der Waals surface area contributed by atoms with Crippen LogP contribution in [0.1, 0.15) is 32.8 Å². The van der Waals surface area contributed by atoms with Gasteiger partial charge in [-0.15, -0.1) is 0 Å². The lowest BCUT2D eigenvalue weighted by Crippen LogP contribution is -2.68. The molecular weight excluding hydrogens is 259 g/mol. The van der Waals surface area contributed by atoms with Crippen molar-refractivity contribution >= 4 is 11.8 Å². The van der Waals surface area contributed by atoms with E-state index >= 15 is 0 Å². The molecule has 20 heavy (non-hydrogen) atoms. The molecule has 0 spiro atoms. The first-order chi connectivity index (χ1) is 9.38. The van der Waals surface area contributed by atoms with Gasteiger partial charge in [0.25, 0.3) is 0 Å². The van der Waals surface area contributed by atoms with Gasteiger partial charge < -0.3 is 10.2 Å². The molecule has 108 valence electrons. The number of piperazine rings is 1. The number of benzene rings is 1. The van der Waals surface area contributed by atoms with Gasteiger partial charge in [-0.2, -0.15) is 0 Å². The molecule has 5 heteroatoms. The van der Waals surface area contributed by atoms with Gasteiger partial charge in [0.1, 0.15) is 17.4 Å². The van der Waals surface area contributed by atoms with Crippen LogP contribution in [0.2, 0.25) is 0 Å². The summed E-state index contributed by atoms with van der Waals surface area (Å²) in [5.41, 5.74) is -0.0563. The van der Waals surface area contributed by atoms with Gasteiger partial charge in [-0.3, -0.25) is 9.59 Å². The van der Waals surface area contributed by atoms with E-state index in [-0.39, 0.29) is 17.6 Å². The summed E-state index contributed by atoms with van der Waals surface area (Å²) in [5.74, 6) is -0.574. The summed E-state index contributed by atoms with van der Waals surface area (Å²) in [6, 6.07) is 5.46. The molecule has 2 rings (SSSR count). The Morgan fingerprint density at radius 3 is 2.45 bits per heavy atom. The summed E-state index contributed by atoms with van der Waals surface area (Å²) in [6.45, 7) is 5.62. The van der Waals surface area contributed by atoms with Gasteiger partial charge in [-0.25, -0.2) is 4.39 Å². The van der Waals surface area contributed by atoms with Crippen LogP contribution < -0.4 is 5.32 Å². The molecule has 1 aliphatic rings. The quantitative estimate of drug-likeness (QED) is 0.917. The van der Waals surface area contributed by atoms with E-state index in [1.54, 1.807) is 30.9 Å². The van der Waals surface area contributed by atoms with Gasteiger partial charge in [-0.1, -0.05) is 19.1 Å². The lowest BCUT2D eigenvalue weighted by atomic mass is 9.90. The van der Waals surface area contributed by atoms with Crippen molar-refractivity contribution in [2.45, 2.75) is 45.3 Å². The molecule has 2 amide bonds. The van der Waals surface area contributed by atoms with Crippen molar-refractivity contribution in [3.8, 4) is 0 Å². The van der Waals surface area contributed by atoms with Crippen molar-refractivity contribution < 1.29 is 14.0 Å². The first-order valence-corrected chi connectivity index (χ1v) is 6.75. The SMILES string of the molecule is CCC1(C)C(=O)NC(C)C(=O)N1Cc1ccc(F)cc1. The van der Waals surface area contributed by atoms with E-state index in [2.05, 4.69) is 5.32 Å². The van der Waals surface area contributed by atoms with E-state index in [9.17, 15) is 14.0 Å². The molecule has 0 radical (unpaired) electrons. The average Bonchev–Trinajstić information content (AvgIpc) is 2.43. The summed E-state index contributed by atoms with van der Waals surface area (Å²) < 4.78 is 12.9. The number of carbonyl (C=O) groups is 2. The molecule has 1 saturated heterocycles. The lowest BCUT2D eigenvalue weighted by molar-refractivity contribution is -0.157. The molecule has 2 atom stereocenters. The summed E-state index contributed by atoms with van der Waals surface area (Å²) >= 11 is 0. The van der Waals surface area contributed by atoms with Crippen molar-refractivity contribution in [3.63, 3.8) is 0 Å². The molecule has 1 aromatic rings. The number of nitrogens with one attached hydrogen (secondary N) is 1. The highest BCUT2D eigenvalue weighted by Gasteiger charge is 2.46. The molecule has 1 heterocycles. The third-order valence-electron chi connectivity index (χ3n) is 4.01. The molecule has 0 aliphatic carbocycles. The topological polar surface area (TPSA) is 49.4 Å². The number of halogens is 1. The van der Waals surface area contributed by atoms with E-state index in [0.29, 0.717) is 13.0 Å². The molecule has 1 N–H and O–H groups in total. The van der Waals surface area contributed by atoms with Gasteiger partial charge in [0, 0.05) is 6.54 Å². The third kappa shape index (κ3) is 2.40. The Kier molecular flexibility index (Phi) is 3.79. The number of hydrogen-bond donors (Lipinski definition) is 1. The minimum Gasteiger partial charge on any atom is -0.343 e. The summed E-state index contributed by atoms with van der Waals surface area (Å²) in [6.07, 6.45) is 0.526. The Morgan fingerprint density at radius 1 is 1.30 bits per heavy atom. The van der Waals surface area contributed by atoms with Crippen LogP contribution in [0, 0.1) is 5.82 Å². The van der Waals surface area contributed by atoms with Crippen LogP contribution in [0.15, 0.2) is 24.3 Å². The maximum Gasteiger partial charge on any atom is 0.246 e. The van der Waals surface area contributed by atoms with Crippen LogP contribution in [0.5, 0.6) is 0 Å². The Balaban J connectivity index is 2.31. The van der Waals surface area contributed by atoms with Crippen molar-refractivity contribution in [1.82, 2.24) is 10.2 Å². The largest absolute Gasteiger partial charge is 0.343 e. The zero-order valence-corrected chi connectivity index (χ0v) is 11.9. The van der Waals surface area contributed by atoms with E-state index in [1.165, 1.54) is 12.1 Å². The van der Waals surface area contributed by atoms with Crippen LogP contribution in [0.4, 0.5) is 4.39 Å². The second-order valence-electron chi connectivity index (χ2n) is 5.37. The number of nitrogens with zero attached hydrogens (tertiary/aromatic N) is 1. The number of amides is 2. The fraction of sp³-hybridized carbons (Fsp3) is 0.467. The average molecular weight is 278 g/mol. The zero-order chi connectivity index (χ0) is 14.9. The molecule has 2 unspecified atom stereocenters. The highest BCUT2D eigenvalue weighted by atomic mass is 19.1. The molecule has 1 fully saturated rings. The Morgan fingerprint density at radius 2 is 1.90 bits per heavy atom. The highest BCUT2D eigenvalue weighted by molar-refractivity contribution is 5.99. The minimum absolute atomic E-state index is 0.113. The first kappa shape index (κ1) is 14.5. The highest BCUT2D eigenvalue weighted by Crippen LogP contribution is 2.27. The Hall–Kier alpha value is -1.91. The smallest absolute Gasteiger partial charge is 0.246 e. The van der Waals surface area contributed by atoms with Gasteiger partial charge in [-0.05, 0) is 38.0 Å². The van der Waals surface area contributed by atoms with Crippen molar-refractivity contribution in [1.29, 1.82) is 0 Å². The lowest BCUT2D eigenvalue weighted by Gasteiger charge is -2.45. The Labute approximate surface area is 118 Å². The molecular formula is C15H19FN2O2. The van der Waals surface area contributed by atoms with Crippen molar-refractivity contribution in [3.05, 3.63) is 35.6 Å². The number of carbonyl (C=O) groups excluding carboxylic acids is 2. The van der Waals surface area contributed by atoms with Crippen LogP contribution >= 0.6 is 0 Å². The van der Waals surface area contributed by atoms with Crippen LogP contribution in [0.3, 0.4) is 0 Å². The van der Waals surface area contributed by atoms with E-state index < -0.39 is 11.6 Å². The van der Waals surface area contributed by atoms with Gasteiger partial charge in [0.05, 0.1) is 0 Å². The first-order valence-electron chi connectivity index (χ1n) is 6.75. The van der Waals surface area contributed by atoms with Gasteiger partial charge >= 0.3 is 0 Å². The van der Waals surface area contributed by atoms with Crippen molar-refractivity contribution in [2.75, 3.05) is 0 Å². The van der Waals surface area contributed by atoms with Gasteiger partial charge in [0.2, 0.25) is 11.8 Å². The number of hydrogen-bond acceptors (Lipinski definition) is 2. The fourth-order valence-corrected chi connectivity index (χ4v) is 2.39. The summed E-state index contributed by atoms with van der Waals surface area (Å²) in [5, 5.41) is 2.71. The molecule has 1 aromatic carbocycles. The third-order valence-corrected chi connectivity index (χ3v) is 4.01. The maximum atomic E-state index is 12.9. The van der Waals surface area contributed by atoms with Crippen molar-refractivity contribution in [2.24, 2.45) is 0 Å². The Bertz CT molecular complexity index is 529. The standard InChI is InChI=1S/C15H19FN2O2/c1-4-15(3)14(20)17-10(2)13(19)18(15)9-11-5-7-12(16)8-6-11/h5-8,10H,4,9H2,1-3H3,(H,17,20). The molecule has 0 bridgehead atoms. The molecule has 1 aliphatic heterocycles. The monoisotopic (exact) mass is 278 g/mol. The zero-order valence-electron chi connectivity index (χ0n) is 11.9. The second kappa shape index (κ2) is 5.23. The van der Waals surface area contributed by atoms with Gasteiger partial charge in [0.15, 0.2) is 0 Å². The maximum absolute atomic E-state index is 12.9. The normalized spacial score (nSPS) is 26.6. The summed E-state index contributed by atoms with van der Waals surface area (Å²) in [7, 11) is 0. The van der Waals surface area contributed by atoms with E-state index in [4.69, 9.17) is 0 Å². The van der Waals surface area contributed by atoms with E-state index in [0.717, 1.165) is 5.56 Å². The second-order valence-corrected chi connectivity index (χ2v) is 5.37. The van der Waals surface area contributed by atoms with E-state index in [1.807, 2.05) is 6.92 Å². The predicted molar refractivity (Wildman–Crippen MR) is 73.3 cm³/mol. The molecule has 4 nitrogen and oxygen atoms in total. The minimum atomic E-state index is -0.863. The summed E-state index contributed by atoms with van der Waals surface area (Å²) in [4.78, 5) is 26.1. The molecule has 0 saturated carbocycles. The fourth-order valence-electron chi connectivity index (χ4n) is 2.39. The van der Waals surface area contributed by atoms with Crippen LogP contribution in [0.25, 0.3) is 0 Å². The van der Waals surface area contributed by atoms with Crippen LogP contribution in [-0.2, 0) is 16.1 Å². The van der Waals surface area contributed by atoms with Crippen LogP contribution in [-0.4, -0.2) is 28.3 Å². The number of rotatable bonds is 3. The predicted octanol–water partition coefficient (Wildman–Crippen LogP) is 1.84.